The van der Waals surface area contributed by atoms with Crippen molar-refractivity contribution in [2.24, 2.45) is 5.92 Å². The number of rotatable bonds is 7. The van der Waals surface area contributed by atoms with E-state index in [1.54, 1.807) is 19.4 Å². The lowest BCUT2D eigenvalue weighted by atomic mass is 9.95. The number of amides is 2. The molecule has 2 heterocycles. The molecule has 7 heteroatoms. The van der Waals surface area contributed by atoms with Crippen LogP contribution in [0.3, 0.4) is 0 Å². The summed E-state index contributed by atoms with van der Waals surface area (Å²) >= 11 is 0. The average Bonchev–Trinajstić information content (AvgIpc) is 3.33. The van der Waals surface area contributed by atoms with Crippen LogP contribution in [0.4, 0.5) is 5.69 Å². The Kier molecular flexibility index (Phi) is 7.37. The van der Waals surface area contributed by atoms with Crippen molar-refractivity contribution in [3.8, 4) is 5.75 Å². The molecule has 1 aromatic carbocycles. The number of nitrogens with one attached hydrogen (secondary N) is 2. The van der Waals surface area contributed by atoms with E-state index in [9.17, 15) is 9.59 Å². The van der Waals surface area contributed by atoms with Gasteiger partial charge in [-0.2, -0.15) is 0 Å². The molecule has 2 aliphatic rings. The molecule has 1 saturated carbocycles. The fourth-order valence-corrected chi connectivity index (χ4v) is 4.61. The molecule has 0 radical (unpaired) electrons. The van der Waals surface area contributed by atoms with Crippen molar-refractivity contribution in [3.05, 3.63) is 53.9 Å². The number of piperidine rings is 1. The van der Waals surface area contributed by atoms with Crippen molar-refractivity contribution in [2.45, 2.75) is 51.1 Å². The molecule has 1 saturated heterocycles. The maximum Gasteiger partial charge on any atom is 0.257 e. The molecule has 1 aliphatic heterocycles. The Morgan fingerprint density at radius 3 is 2.62 bits per heavy atom. The van der Waals surface area contributed by atoms with E-state index in [4.69, 9.17) is 4.74 Å². The highest BCUT2D eigenvalue weighted by Gasteiger charge is 2.27. The van der Waals surface area contributed by atoms with Gasteiger partial charge >= 0.3 is 0 Å². The van der Waals surface area contributed by atoms with Gasteiger partial charge in [0.1, 0.15) is 5.75 Å². The van der Waals surface area contributed by atoms with Crippen LogP contribution in [-0.2, 0) is 11.3 Å². The Morgan fingerprint density at radius 1 is 1.09 bits per heavy atom. The Hall–Kier alpha value is -2.93. The molecule has 2 fully saturated rings. The van der Waals surface area contributed by atoms with Crippen molar-refractivity contribution in [1.82, 2.24) is 15.2 Å². The van der Waals surface area contributed by atoms with Crippen LogP contribution in [0, 0.1) is 5.92 Å². The summed E-state index contributed by atoms with van der Waals surface area (Å²) in [5.74, 6) is 0.705. The Morgan fingerprint density at radius 2 is 1.88 bits per heavy atom. The maximum absolute atomic E-state index is 12.6. The number of hydrogen-bond donors (Lipinski definition) is 2. The van der Waals surface area contributed by atoms with Gasteiger partial charge in [0, 0.05) is 30.4 Å². The van der Waals surface area contributed by atoms with Crippen molar-refractivity contribution >= 4 is 17.5 Å². The van der Waals surface area contributed by atoms with Crippen molar-refractivity contribution < 1.29 is 14.3 Å². The van der Waals surface area contributed by atoms with Crippen LogP contribution in [0.1, 0.15) is 54.4 Å². The second kappa shape index (κ2) is 10.6. The number of nitrogens with zero attached hydrogens (tertiary/aromatic N) is 2. The predicted octanol–water partition coefficient (Wildman–Crippen LogP) is 3.61. The van der Waals surface area contributed by atoms with Crippen LogP contribution in [0.15, 0.2) is 42.7 Å². The summed E-state index contributed by atoms with van der Waals surface area (Å²) in [7, 11) is 1.55. The monoisotopic (exact) mass is 436 g/mol. The van der Waals surface area contributed by atoms with E-state index < -0.39 is 0 Å². The third-order valence-corrected chi connectivity index (χ3v) is 6.46. The molecule has 170 valence electrons. The SMILES string of the molecule is COc1cncc(C(=O)Nc2cccc(CN3CCC(C(=O)NC4CCCC4)CC3)c2)c1. The molecule has 0 atom stereocenters. The largest absolute Gasteiger partial charge is 0.495 e. The summed E-state index contributed by atoms with van der Waals surface area (Å²) in [6, 6.07) is 9.97. The lowest BCUT2D eigenvalue weighted by Gasteiger charge is -2.32. The third kappa shape index (κ3) is 5.85. The maximum atomic E-state index is 12.6. The van der Waals surface area contributed by atoms with Crippen LogP contribution in [0.2, 0.25) is 0 Å². The topological polar surface area (TPSA) is 83.6 Å². The van der Waals surface area contributed by atoms with Crippen molar-refractivity contribution in [2.75, 3.05) is 25.5 Å². The molecule has 0 spiro atoms. The first-order chi connectivity index (χ1) is 15.6. The molecule has 2 aromatic rings. The number of anilines is 1. The van der Waals surface area contributed by atoms with Crippen LogP contribution < -0.4 is 15.4 Å². The van der Waals surface area contributed by atoms with Crippen LogP contribution >= 0.6 is 0 Å². The minimum atomic E-state index is -0.220. The highest BCUT2D eigenvalue weighted by atomic mass is 16.5. The zero-order valence-electron chi connectivity index (χ0n) is 18.7. The highest BCUT2D eigenvalue weighted by molar-refractivity contribution is 6.04. The van der Waals surface area contributed by atoms with Crippen LogP contribution in [-0.4, -0.2) is 47.9 Å². The molecular weight excluding hydrogens is 404 g/mol. The number of likely N-dealkylation sites (tertiary alicyclic amines) is 1. The van der Waals surface area contributed by atoms with Gasteiger partial charge < -0.3 is 15.4 Å². The number of benzene rings is 1. The second-order valence-corrected chi connectivity index (χ2v) is 8.81. The fraction of sp³-hybridized carbons (Fsp3) is 0.480. The molecule has 2 N–H and O–H groups in total. The van der Waals surface area contributed by atoms with E-state index in [0.29, 0.717) is 17.4 Å². The summed E-state index contributed by atoms with van der Waals surface area (Å²) in [6.07, 6.45) is 9.62. The number of ether oxygens (including phenoxy) is 1. The normalized spacial score (nSPS) is 17.8. The van der Waals surface area contributed by atoms with Gasteiger partial charge in [-0.15, -0.1) is 0 Å². The number of methoxy groups -OCH3 is 1. The highest BCUT2D eigenvalue weighted by Crippen LogP contribution is 2.23. The Labute approximate surface area is 189 Å². The number of pyridine rings is 1. The smallest absolute Gasteiger partial charge is 0.257 e. The lowest BCUT2D eigenvalue weighted by molar-refractivity contribution is -0.127. The molecule has 0 unspecified atom stereocenters. The number of hydrogen-bond acceptors (Lipinski definition) is 5. The van der Waals surface area contributed by atoms with E-state index in [2.05, 4.69) is 26.6 Å². The van der Waals surface area contributed by atoms with Gasteiger partial charge in [0.2, 0.25) is 5.91 Å². The standard InChI is InChI=1S/C25H32N4O3/c1-32-23-14-20(15-26-16-23)25(31)28-22-8-4-5-18(13-22)17-29-11-9-19(10-12-29)24(30)27-21-6-2-3-7-21/h4-5,8,13-16,19,21H,2-3,6-7,9-12,17H2,1H3,(H,27,30)(H,28,31). The minimum absolute atomic E-state index is 0.133. The second-order valence-electron chi connectivity index (χ2n) is 8.81. The zero-order chi connectivity index (χ0) is 22.3. The predicted molar refractivity (Wildman–Crippen MR) is 124 cm³/mol. The first-order valence-electron chi connectivity index (χ1n) is 11.5. The summed E-state index contributed by atoms with van der Waals surface area (Å²) in [5.41, 5.74) is 2.34. The number of aromatic nitrogens is 1. The van der Waals surface area contributed by atoms with Gasteiger partial charge in [0.15, 0.2) is 0 Å². The van der Waals surface area contributed by atoms with Gasteiger partial charge in [-0.05, 0) is 62.5 Å². The molecule has 0 bridgehead atoms. The number of carbonyl (C=O) groups excluding carboxylic acids is 2. The van der Waals surface area contributed by atoms with Crippen LogP contribution in [0.25, 0.3) is 0 Å². The third-order valence-electron chi connectivity index (χ3n) is 6.46. The average molecular weight is 437 g/mol. The molecule has 32 heavy (non-hydrogen) atoms. The molecule has 1 aromatic heterocycles. The minimum Gasteiger partial charge on any atom is -0.495 e. The summed E-state index contributed by atoms with van der Waals surface area (Å²) in [5, 5.41) is 6.19. The molecule has 2 amide bonds. The Bertz CT molecular complexity index is 934. The van der Waals surface area contributed by atoms with Gasteiger partial charge in [-0.25, -0.2) is 0 Å². The quantitative estimate of drug-likeness (QED) is 0.693. The lowest BCUT2D eigenvalue weighted by Crippen LogP contribution is -2.42. The first kappa shape index (κ1) is 22.3. The molecule has 7 nitrogen and oxygen atoms in total. The summed E-state index contributed by atoms with van der Waals surface area (Å²) in [6.45, 7) is 2.63. The van der Waals surface area contributed by atoms with Crippen molar-refractivity contribution in [1.29, 1.82) is 0 Å². The van der Waals surface area contributed by atoms with Gasteiger partial charge in [-0.3, -0.25) is 19.5 Å². The van der Waals surface area contributed by atoms with E-state index in [1.807, 2.05) is 18.2 Å². The summed E-state index contributed by atoms with van der Waals surface area (Å²) < 4.78 is 5.14. The molecule has 1 aliphatic carbocycles. The van der Waals surface area contributed by atoms with Crippen LogP contribution in [0.5, 0.6) is 5.75 Å². The van der Waals surface area contributed by atoms with E-state index in [-0.39, 0.29) is 17.7 Å². The Balaban J connectivity index is 1.27. The zero-order valence-corrected chi connectivity index (χ0v) is 18.7. The van der Waals surface area contributed by atoms with E-state index >= 15 is 0 Å². The fourth-order valence-electron chi connectivity index (χ4n) is 4.61. The van der Waals surface area contributed by atoms with Crippen molar-refractivity contribution in [3.63, 3.8) is 0 Å². The first-order valence-corrected chi connectivity index (χ1v) is 11.5. The van der Waals surface area contributed by atoms with Gasteiger partial charge in [-0.1, -0.05) is 25.0 Å². The van der Waals surface area contributed by atoms with E-state index in [1.165, 1.54) is 19.0 Å². The molecular formula is C25H32N4O3. The number of carbonyl (C=O) groups is 2. The van der Waals surface area contributed by atoms with Gasteiger partial charge in [0.25, 0.3) is 5.91 Å². The van der Waals surface area contributed by atoms with E-state index in [0.717, 1.165) is 56.6 Å². The summed E-state index contributed by atoms with van der Waals surface area (Å²) in [4.78, 5) is 31.5. The molecule has 4 rings (SSSR count). The van der Waals surface area contributed by atoms with Gasteiger partial charge in [0.05, 0.1) is 18.9 Å².